The Kier molecular flexibility index (Phi) is 5.00. The summed E-state index contributed by atoms with van der Waals surface area (Å²) >= 11 is 0. The lowest BCUT2D eigenvalue weighted by Crippen LogP contribution is -2.52. The maximum Gasteiger partial charge on any atom is 0.223 e. The van der Waals surface area contributed by atoms with Crippen molar-refractivity contribution in [3.8, 4) is 6.07 Å². The molecule has 3 atom stereocenters. The Bertz CT molecular complexity index is 587. The van der Waals surface area contributed by atoms with E-state index >= 15 is 0 Å². The number of fused-ring (bicyclic) bond motifs is 1. The highest BCUT2D eigenvalue weighted by molar-refractivity contribution is 5.77. The zero-order chi connectivity index (χ0) is 16.2. The van der Waals surface area contributed by atoms with Gasteiger partial charge in [0.25, 0.3) is 0 Å². The van der Waals surface area contributed by atoms with Gasteiger partial charge in [-0.25, -0.2) is 0 Å². The standard InChI is InChI=1S/C20H26N2O/c1-15-12-13-22(19-5-3-2-4-18(15)19)20(23)11-10-16-6-8-17(14-21)9-7-16/h6-9,15,18-19H,2-5,10-13H2,1H3/t15-,18+,19+/m1/s1. The predicted octanol–water partition coefficient (Wildman–Crippen LogP) is 3.92. The van der Waals surface area contributed by atoms with Gasteiger partial charge in [0.1, 0.15) is 0 Å². The minimum absolute atomic E-state index is 0.318. The number of rotatable bonds is 3. The van der Waals surface area contributed by atoms with E-state index in [9.17, 15) is 4.79 Å². The summed E-state index contributed by atoms with van der Waals surface area (Å²) in [6.07, 6.45) is 7.61. The van der Waals surface area contributed by atoms with Crippen LogP contribution in [-0.2, 0) is 11.2 Å². The quantitative estimate of drug-likeness (QED) is 0.849. The highest BCUT2D eigenvalue weighted by atomic mass is 16.2. The van der Waals surface area contributed by atoms with Crippen LogP contribution in [0.1, 0.15) is 56.6 Å². The molecule has 0 bridgehead atoms. The number of piperidine rings is 1. The van der Waals surface area contributed by atoms with Gasteiger partial charge < -0.3 is 4.90 Å². The number of hydrogen-bond acceptors (Lipinski definition) is 2. The molecule has 122 valence electrons. The van der Waals surface area contributed by atoms with Crippen LogP contribution in [0.3, 0.4) is 0 Å². The molecular formula is C20H26N2O. The Labute approximate surface area is 139 Å². The van der Waals surface area contributed by atoms with Crippen LogP contribution in [0.5, 0.6) is 0 Å². The highest BCUT2D eigenvalue weighted by Crippen LogP contribution is 2.39. The molecular weight excluding hydrogens is 284 g/mol. The minimum Gasteiger partial charge on any atom is -0.339 e. The first-order chi connectivity index (χ1) is 11.2. The molecule has 2 fully saturated rings. The summed E-state index contributed by atoms with van der Waals surface area (Å²) < 4.78 is 0. The van der Waals surface area contributed by atoms with Gasteiger partial charge in [0.05, 0.1) is 11.6 Å². The fourth-order valence-electron chi connectivity index (χ4n) is 4.36. The predicted molar refractivity (Wildman–Crippen MR) is 90.7 cm³/mol. The summed E-state index contributed by atoms with van der Waals surface area (Å²) in [5.74, 6) is 1.80. The summed E-state index contributed by atoms with van der Waals surface area (Å²) in [5.41, 5.74) is 1.82. The van der Waals surface area contributed by atoms with Gasteiger partial charge in [0.15, 0.2) is 0 Å². The lowest BCUT2D eigenvalue weighted by Gasteiger charge is -2.47. The van der Waals surface area contributed by atoms with E-state index in [4.69, 9.17) is 5.26 Å². The number of carbonyl (C=O) groups excluding carboxylic acids is 1. The second-order valence-electron chi connectivity index (χ2n) is 7.18. The summed E-state index contributed by atoms with van der Waals surface area (Å²) in [5, 5.41) is 8.84. The van der Waals surface area contributed by atoms with Gasteiger partial charge in [-0.15, -0.1) is 0 Å². The van der Waals surface area contributed by atoms with E-state index in [1.807, 2.05) is 24.3 Å². The molecule has 0 spiro atoms. The van der Waals surface area contributed by atoms with Crippen molar-refractivity contribution in [3.63, 3.8) is 0 Å². The third-order valence-electron chi connectivity index (χ3n) is 5.77. The van der Waals surface area contributed by atoms with Gasteiger partial charge >= 0.3 is 0 Å². The van der Waals surface area contributed by atoms with E-state index in [1.54, 1.807) is 0 Å². The normalized spacial score (nSPS) is 27.1. The van der Waals surface area contributed by atoms with Crippen molar-refractivity contribution in [1.82, 2.24) is 4.90 Å². The lowest BCUT2D eigenvalue weighted by molar-refractivity contribution is -0.139. The van der Waals surface area contributed by atoms with Crippen molar-refractivity contribution in [2.75, 3.05) is 6.54 Å². The third kappa shape index (κ3) is 3.58. The Morgan fingerprint density at radius 2 is 1.96 bits per heavy atom. The van der Waals surface area contributed by atoms with Gasteiger partial charge in [-0.2, -0.15) is 5.26 Å². The van der Waals surface area contributed by atoms with Crippen LogP contribution in [0.15, 0.2) is 24.3 Å². The average molecular weight is 310 g/mol. The highest BCUT2D eigenvalue weighted by Gasteiger charge is 2.38. The van der Waals surface area contributed by atoms with Gasteiger partial charge in [0.2, 0.25) is 5.91 Å². The number of benzene rings is 1. The summed E-state index contributed by atoms with van der Waals surface area (Å²) in [6, 6.07) is 10.2. The SMILES string of the molecule is C[C@@H]1CCN(C(=O)CCc2ccc(C#N)cc2)[C@H]2CCCC[C@@H]12. The molecule has 1 saturated heterocycles. The van der Waals surface area contributed by atoms with Crippen LogP contribution in [-0.4, -0.2) is 23.4 Å². The Hall–Kier alpha value is -1.82. The molecule has 23 heavy (non-hydrogen) atoms. The molecule has 1 amide bonds. The molecule has 1 aliphatic heterocycles. The molecule has 1 aromatic carbocycles. The van der Waals surface area contributed by atoms with E-state index in [0.29, 0.717) is 23.9 Å². The Morgan fingerprint density at radius 3 is 2.70 bits per heavy atom. The zero-order valence-electron chi connectivity index (χ0n) is 14.0. The van der Waals surface area contributed by atoms with Crippen molar-refractivity contribution in [2.45, 2.75) is 57.9 Å². The number of likely N-dealkylation sites (tertiary alicyclic amines) is 1. The molecule has 2 aliphatic rings. The first-order valence-corrected chi connectivity index (χ1v) is 8.97. The smallest absolute Gasteiger partial charge is 0.223 e. The number of carbonyl (C=O) groups is 1. The van der Waals surface area contributed by atoms with Crippen LogP contribution in [0.4, 0.5) is 0 Å². The monoisotopic (exact) mass is 310 g/mol. The van der Waals surface area contributed by atoms with E-state index in [1.165, 1.54) is 25.7 Å². The maximum atomic E-state index is 12.7. The lowest BCUT2D eigenvalue weighted by atomic mass is 9.72. The average Bonchev–Trinajstić information content (AvgIpc) is 2.60. The zero-order valence-corrected chi connectivity index (χ0v) is 14.0. The summed E-state index contributed by atoms with van der Waals surface area (Å²) in [4.78, 5) is 14.9. The Morgan fingerprint density at radius 1 is 1.22 bits per heavy atom. The summed E-state index contributed by atoms with van der Waals surface area (Å²) in [7, 11) is 0. The van der Waals surface area contributed by atoms with Gasteiger partial charge in [-0.05, 0) is 55.2 Å². The topological polar surface area (TPSA) is 44.1 Å². The third-order valence-corrected chi connectivity index (χ3v) is 5.77. The number of aryl methyl sites for hydroxylation is 1. The molecule has 1 saturated carbocycles. The van der Waals surface area contributed by atoms with Gasteiger partial charge in [-0.1, -0.05) is 31.9 Å². The number of hydrogen-bond donors (Lipinski definition) is 0. The molecule has 1 aliphatic carbocycles. The van der Waals surface area contributed by atoms with Crippen molar-refractivity contribution in [3.05, 3.63) is 35.4 Å². The van der Waals surface area contributed by atoms with Crippen molar-refractivity contribution in [2.24, 2.45) is 11.8 Å². The van der Waals surface area contributed by atoms with Gasteiger partial charge in [0, 0.05) is 19.0 Å². The fourth-order valence-corrected chi connectivity index (χ4v) is 4.36. The van der Waals surface area contributed by atoms with Crippen LogP contribution in [0.25, 0.3) is 0 Å². The Balaban J connectivity index is 1.59. The van der Waals surface area contributed by atoms with E-state index < -0.39 is 0 Å². The minimum atomic E-state index is 0.318. The van der Waals surface area contributed by atoms with Crippen LogP contribution in [0, 0.1) is 23.2 Å². The largest absolute Gasteiger partial charge is 0.339 e. The number of nitriles is 1. The van der Waals surface area contributed by atoms with Crippen LogP contribution in [0.2, 0.25) is 0 Å². The molecule has 3 heteroatoms. The van der Waals surface area contributed by atoms with Gasteiger partial charge in [-0.3, -0.25) is 4.79 Å². The molecule has 3 nitrogen and oxygen atoms in total. The number of nitrogens with zero attached hydrogens (tertiary/aromatic N) is 2. The van der Waals surface area contributed by atoms with Crippen LogP contribution >= 0.6 is 0 Å². The molecule has 0 N–H and O–H groups in total. The first-order valence-electron chi connectivity index (χ1n) is 8.97. The van der Waals surface area contributed by atoms with Crippen LogP contribution < -0.4 is 0 Å². The maximum absolute atomic E-state index is 12.7. The van der Waals surface area contributed by atoms with Crippen molar-refractivity contribution in [1.29, 1.82) is 5.26 Å². The van der Waals surface area contributed by atoms with E-state index in [-0.39, 0.29) is 0 Å². The number of amides is 1. The molecule has 0 aromatic heterocycles. The van der Waals surface area contributed by atoms with Crippen molar-refractivity contribution >= 4 is 5.91 Å². The van der Waals surface area contributed by atoms with E-state index in [2.05, 4.69) is 17.9 Å². The molecule has 0 radical (unpaired) electrons. The first kappa shape index (κ1) is 16.1. The second-order valence-corrected chi connectivity index (χ2v) is 7.18. The summed E-state index contributed by atoms with van der Waals surface area (Å²) in [6.45, 7) is 3.30. The van der Waals surface area contributed by atoms with E-state index in [0.717, 1.165) is 36.8 Å². The molecule has 1 aromatic rings. The second kappa shape index (κ2) is 7.17. The van der Waals surface area contributed by atoms with Crippen molar-refractivity contribution < 1.29 is 4.79 Å². The molecule has 0 unspecified atom stereocenters. The molecule has 3 rings (SSSR count). The molecule has 1 heterocycles. The fraction of sp³-hybridized carbons (Fsp3) is 0.600.